The highest BCUT2D eigenvalue weighted by atomic mass is 32.1. The van der Waals surface area contributed by atoms with E-state index in [2.05, 4.69) is 14.8 Å². The minimum atomic E-state index is -2.96. The number of thiazole rings is 1. The number of nitrogens with zero attached hydrogens (tertiary/aromatic N) is 4. The predicted molar refractivity (Wildman–Crippen MR) is 121 cm³/mol. The normalized spacial score (nSPS) is 16.0. The molecular weight excluding hydrogens is 466 g/mol. The molecule has 178 valence electrons. The molecule has 0 saturated heterocycles. The number of benzene rings is 1. The van der Waals surface area contributed by atoms with Gasteiger partial charge in [-0.05, 0) is 44.5 Å². The van der Waals surface area contributed by atoms with Gasteiger partial charge in [-0.25, -0.2) is 9.79 Å². The number of alkyl halides is 2. The van der Waals surface area contributed by atoms with E-state index in [9.17, 15) is 18.4 Å². The Morgan fingerprint density at radius 1 is 1.26 bits per heavy atom. The van der Waals surface area contributed by atoms with Gasteiger partial charge in [-0.2, -0.15) is 13.9 Å². The van der Waals surface area contributed by atoms with Gasteiger partial charge in [0.05, 0.1) is 34.6 Å². The van der Waals surface area contributed by atoms with Crippen LogP contribution in [0.3, 0.4) is 0 Å². The van der Waals surface area contributed by atoms with Crippen molar-refractivity contribution < 1.29 is 23.0 Å². The molecule has 2 aromatic heterocycles. The number of ether oxygens (including phenoxy) is 2. The molecule has 0 unspecified atom stereocenters. The fraction of sp³-hybridized carbons (Fsp3) is 0.304. The molecule has 1 atom stereocenters. The average molecular weight is 489 g/mol. The molecule has 0 aliphatic carbocycles. The Balaban J connectivity index is 1.91. The van der Waals surface area contributed by atoms with Gasteiger partial charge in [0.1, 0.15) is 5.75 Å². The second kappa shape index (κ2) is 9.34. The van der Waals surface area contributed by atoms with E-state index in [4.69, 9.17) is 4.74 Å². The highest BCUT2D eigenvalue weighted by Crippen LogP contribution is 2.31. The van der Waals surface area contributed by atoms with E-state index in [1.54, 1.807) is 42.9 Å². The molecule has 3 aromatic rings. The number of esters is 1. The summed E-state index contributed by atoms with van der Waals surface area (Å²) < 4.78 is 38.4. The molecule has 34 heavy (non-hydrogen) atoms. The first-order valence-electron chi connectivity index (χ1n) is 10.4. The molecular formula is C23H22F2N4O4S. The molecule has 0 amide bonds. The van der Waals surface area contributed by atoms with Crippen molar-refractivity contribution in [2.45, 2.75) is 33.4 Å². The Kier molecular flexibility index (Phi) is 6.47. The van der Waals surface area contributed by atoms with Crippen molar-refractivity contribution >= 4 is 23.4 Å². The van der Waals surface area contributed by atoms with Crippen molar-refractivity contribution in [2.75, 3.05) is 6.61 Å². The van der Waals surface area contributed by atoms with Crippen molar-refractivity contribution in [3.63, 3.8) is 0 Å². The molecule has 11 heteroatoms. The molecule has 3 heterocycles. The van der Waals surface area contributed by atoms with Crippen molar-refractivity contribution in [2.24, 2.45) is 12.0 Å². The topological polar surface area (TPSA) is 87.7 Å². The fourth-order valence-corrected chi connectivity index (χ4v) is 4.77. The Labute approximate surface area is 197 Å². The van der Waals surface area contributed by atoms with Gasteiger partial charge in [0.2, 0.25) is 0 Å². The summed E-state index contributed by atoms with van der Waals surface area (Å²) in [5.41, 5.74) is 2.51. The van der Waals surface area contributed by atoms with Crippen LogP contribution in [0, 0.1) is 6.92 Å². The summed E-state index contributed by atoms with van der Waals surface area (Å²) in [5.74, 6) is -0.629. The van der Waals surface area contributed by atoms with Gasteiger partial charge in [0, 0.05) is 18.3 Å². The van der Waals surface area contributed by atoms with Crippen LogP contribution in [-0.4, -0.2) is 33.5 Å². The lowest BCUT2D eigenvalue weighted by molar-refractivity contribution is -0.139. The van der Waals surface area contributed by atoms with Crippen LogP contribution in [-0.2, 0) is 16.6 Å². The van der Waals surface area contributed by atoms with Crippen molar-refractivity contribution in [1.29, 1.82) is 0 Å². The third kappa shape index (κ3) is 4.30. The zero-order valence-electron chi connectivity index (χ0n) is 18.9. The summed E-state index contributed by atoms with van der Waals surface area (Å²) in [7, 11) is 1.81. The molecule has 0 bridgehead atoms. The van der Waals surface area contributed by atoms with E-state index >= 15 is 0 Å². The monoisotopic (exact) mass is 488 g/mol. The molecule has 1 aliphatic heterocycles. The molecule has 8 nitrogen and oxygen atoms in total. The highest BCUT2D eigenvalue weighted by molar-refractivity contribution is 7.07. The van der Waals surface area contributed by atoms with E-state index in [-0.39, 0.29) is 23.5 Å². The van der Waals surface area contributed by atoms with Crippen LogP contribution in [0.15, 0.2) is 51.5 Å². The first-order chi connectivity index (χ1) is 16.2. The fourth-order valence-electron chi connectivity index (χ4n) is 3.74. The molecule has 0 spiro atoms. The van der Waals surface area contributed by atoms with E-state index in [1.165, 1.54) is 28.0 Å². The van der Waals surface area contributed by atoms with Gasteiger partial charge in [-0.1, -0.05) is 23.5 Å². The molecule has 4 rings (SSSR count). The van der Waals surface area contributed by atoms with Gasteiger partial charge in [-0.3, -0.25) is 14.0 Å². The molecule has 0 radical (unpaired) electrons. The van der Waals surface area contributed by atoms with Gasteiger partial charge in [-0.15, -0.1) is 0 Å². The number of hydrogen-bond donors (Lipinski definition) is 0. The van der Waals surface area contributed by atoms with Gasteiger partial charge >= 0.3 is 12.6 Å². The minimum absolute atomic E-state index is 0.0309. The molecule has 0 saturated carbocycles. The molecule has 1 aromatic carbocycles. The average Bonchev–Trinajstić information content (AvgIpc) is 3.26. The quantitative estimate of drug-likeness (QED) is 0.498. The lowest BCUT2D eigenvalue weighted by Crippen LogP contribution is -2.39. The number of carbonyl (C=O) groups is 1. The largest absolute Gasteiger partial charge is 0.463 e. The number of aromatic nitrogens is 3. The predicted octanol–water partition coefficient (Wildman–Crippen LogP) is 2.44. The number of fused-ring (bicyclic) bond motifs is 1. The summed E-state index contributed by atoms with van der Waals surface area (Å²) in [4.78, 5) is 31.3. The zero-order valence-corrected chi connectivity index (χ0v) is 19.7. The maximum absolute atomic E-state index is 13.5. The summed E-state index contributed by atoms with van der Waals surface area (Å²) in [6.07, 6.45) is 3.41. The van der Waals surface area contributed by atoms with E-state index in [0.717, 1.165) is 11.3 Å². The van der Waals surface area contributed by atoms with Gasteiger partial charge in [0.15, 0.2) is 4.80 Å². The van der Waals surface area contributed by atoms with Crippen LogP contribution < -0.4 is 19.6 Å². The van der Waals surface area contributed by atoms with Crippen molar-refractivity contribution in [1.82, 2.24) is 14.3 Å². The number of halogens is 2. The van der Waals surface area contributed by atoms with Crippen molar-refractivity contribution in [3.8, 4) is 5.75 Å². The smallest absolute Gasteiger partial charge is 0.387 e. The van der Waals surface area contributed by atoms with E-state index in [0.29, 0.717) is 20.6 Å². The number of carbonyl (C=O) groups excluding carboxylic acids is 1. The number of allylic oxidation sites excluding steroid dienone is 1. The van der Waals surface area contributed by atoms with Crippen LogP contribution in [0.4, 0.5) is 8.78 Å². The van der Waals surface area contributed by atoms with E-state index in [1.807, 2.05) is 14.0 Å². The van der Waals surface area contributed by atoms with Crippen LogP contribution >= 0.6 is 11.3 Å². The second-order valence-corrected chi connectivity index (χ2v) is 8.57. The standard InChI is InChI=1S/C23H22F2N4O4S/c1-5-32-21(31)18-12(2)27-23-29(19(18)14-6-8-16(9-7-14)33-22(24)25)20(30)17(34-23)10-15-11-26-28(4)13(15)3/h6-11,19,22H,5H2,1-4H3/b17-10+/t19-/m1/s1. The third-order valence-corrected chi connectivity index (χ3v) is 6.48. The lowest BCUT2D eigenvalue weighted by Gasteiger charge is -2.24. The van der Waals surface area contributed by atoms with E-state index < -0.39 is 18.6 Å². The Hall–Kier alpha value is -3.60. The maximum atomic E-state index is 13.5. The first kappa shape index (κ1) is 23.6. The maximum Gasteiger partial charge on any atom is 0.387 e. The van der Waals surface area contributed by atoms with Crippen LogP contribution in [0.2, 0.25) is 0 Å². The summed E-state index contributed by atoms with van der Waals surface area (Å²) in [6, 6.07) is 4.99. The highest BCUT2D eigenvalue weighted by Gasteiger charge is 2.33. The minimum Gasteiger partial charge on any atom is -0.463 e. The summed E-state index contributed by atoms with van der Waals surface area (Å²) >= 11 is 1.20. The Morgan fingerprint density at radius 3 is 2.56 bits per heavy atom. The Morgan fingerprint density at radius 2 is 1.97 bits per heavy atom. The summed E-state index contributed by atoms with van der Waals surface area (Å²) in [5, 5.41) is 4.21. The SMILES string of the molecule is CCOC(=O)C1=C(C)N=c2s/c(=C/c3cnn(C)c3C)c(=O)n2[C@@H]1c1ccc(OC(F)F)cc1. The van der Waals surface area contributed by atoms with Crippen LogP contribution in [0.1, 0.15) is 36.7 Å². The van der Waals surface area contributed by atoms with Gasteiger partial charge in [0.25, 0.3) is 5.56 Å². The molecule has 1 aliphatic rings. The zero-order chi connectivity index (χ0) is 24.6. The third-order valence-electron chi connectivity index (χ3n) is 5.50. The number of rotatable bonds is 6. The molecule has 0 fully saturated rings. The first-order valence-corrected chi connectivity index (χ1v) is 11.3. The number of hydrogen-bond acceptors (Lipinski definition) is 7. The summed E-state index contributed by atoms with van der Waals surface area (Å²) in [6.45, 7) is 2.44. The Bertz CT molecular complexity index is 1450. The lowest BCUT2D eigenvalue weighted by atomic mass is 9.96. The van der Waals surface area contributed by atoms with Crippen molar-refractivity contribution in [3.05, 3.63) is 78.2 Å². The van der Waals surface area contributed by atoms with Crippen LogP contribution in [0.5, 0.6) is 5.75 Å². The second-order valence-electron chi connectivity index (χ2n) is 7.56. The van der Waals surface area contributed by atoms with Crippen LogP contribution in [0.25, 0.3) is 6.08 Å². The molecule has 0 N–H and O–H groups in total. The number of aryl methyl sites for hydroxylation is 1. The van der Waals surface area contributed by atoms with Gasteiger partial charge < -0.3 is 9.47 Å².